The number of amides is 1. The van der Waals surface area contributed by atoms with Crippen LogP contribution in [0.2, 0.25) is 0 Å². The lowest BCUT2D eigenvalue weighted by Gasteiger charge is -2.24. The summed E-state index contributed by atoms with van der Waals surface area (Å²) in [5.41, 5.74) is 2.39. The van der Waals surface area contributed by atoms with Crippen molar-refractivity contribution in [3.05, 3.63) is 59.7 Å². The van der Waals surface area contributed by atoms with E-state index in [1.807, 2.05) is 59.7 Å². The smallest absolute Gasteiger partial charge is 0.253 e. The van der Waals surface area contributed by atoms with E-state index in [0.29, 0.717) is 12.1 Å². The fraction of sp³-hybridized carbons (Fsp3) is 0.300. The number of benzene rings is 2. The third kappa shape index (κ3) is 3.97. The highest BCUT2D eigenvalue weighted by Crippen LogP contribution is 2.22. The number of anilines is 1. The van der Waals surface area contributed by atoms with E-state index in [4.69, 9.17) is 0 Å². The third-order valence-corrected chi connectivity index (χ3v) is 5.23. The fourth-order valence-electron chi connectivity index (χ4n) is 3.12. The summed E-state index contributed by atoms with van der Waals surface area (Å²) in [6.45, 7) is 3.01. The minimum atomic E-state index is 0.0862. The number of rotatable bonds is 3. The van der Waals surface area contributed by atoms with Gasteiger partial charge < -0.3 is 9.80 Å². The quantitative estimate of drug-likeness (QED) is 0.792. The Morgan fingerprint density at radius 2 is 1.80 bits per heavy atom. The van der Waals surface area contributed by atoms with Crippen LogP contribution in [0.3, 0.4) is 0 Å². The minimum Gasteiger partial charge on any atom is -0.369 e. The number of carbonyl (C=O) groups is 1. The molecule has 1 fully saturated rings. The summed E-state index contributed by atoms with van der Waals surface area (Å²) < 4.78 is 0. The van der Waals surface area contributed by atoms with E-state index >= 15 is 0 Å². The molecule has 1 aliphatic rings. The van der Waals surface area contributed by atoms with Crippen LogP contribution in [0.4, 0.5) is 5.69 Å². The first-order chi connectivity index (χ1) is 12.2. The molecule has 1 saturated heterocycles. The van der Waals surface area contributed by atoms with Crippen LogP contribution in [-0.4, -0.2) is 43.2 Å². The summed E-state index contributed by atoms with van der Waals surface area (Å²) in [5, 5.41) is 9.31. The lowest BCUT2D eigenvalue weighted by atomic mass is 10.1. The molecule has 0 unspecified atom stereocenters. The van der Waals surface area contributed by atoms with E-state index in [9.17, 15) is 10.1 Å². The van der Waals surface area contributed by atoms with Crippen molar-refractivity contribution < 1.29 is 4.79 Å². The molecule has 3 rings (SSSR count). The minimum absolute atomic E-state index is 0.0862. The Morgan fingerprint density at radius 3 is 2.52 bits per heavy atom. The van der Waals surface area contributed by atoms with Crippen LogP contribution in [0.25, 0.3) is 0 Å². The second-order valence-electron chi connectivity index (χ2n) is 5.99. The fourth-order valence-corrected chi connectivity index (χ4v) is 3.53. The average Bonchev–Trinajstić information content (AvgIpc) is 2.93. The van der Waals surface area contributed by atoms with Gasteiger partial charge in [0.15, 0.2) is 0 Å². The topological polar surface area (TPSA) is 47.3 Å². The van der Waals surface area contributed by atoms with Crippen LogP contribution < -0.4 is 4.90 Å². The Bertz CT molecular complexity index is 782. The molecule has 2 aromatic carbocycles. The molecule has 0 spiro atoms. The van der Waals surface area contributed by atoms with Gasteiger partial charge >= 0.3 is 0 Å². The summed E-state index contributed by atoms with van der Waals surface area (Å²) in [6, 6.07) is 17.7. The van der Waals surface area contributed by atoms with Gasteiger partial charge in [0, 0.05) is 36.6 Å². The predicted octanol–water partition coefficient (Wildman–Crippen LogP) is 3.63. The Labute approximate surface area is 153 Å². The summed E-state index contributed by atoms with van der Waals surface area (Å²) in [4.78, 5) is 18.1. The van der Waals surface area contributed by atoms with Gasteiger partial charge in [0.25, 0.3) is 5.91 Å². The maximum Gasteiger partial charge on any atom is 0.253 e. The molecule has 0 aromatic heterocycles. The summed E-state index contributed by atoms with van der Waals surface area (Å²) in [6.07, 6.45) is 2.92. The van der Waals surface area contributed by atoms with Crippen LogP contribution in [0.1, 0.15) is 22.3 Å². The number of nitriles is 1. The van der Waals surface area contributed by atoms with E-state index in [-0.39, 0.29) is 5.91 Å². The maximum atomic E-state index is 12.8. The molecule has 5 heteroatoms. The van der Waals surface area contributed by atoms with E-state index in [1.165, 1.54) is 0 Å². The molecular formula is C20H21N3OS. The van der Waals surface area contributed by atoms with Gasteiger partial charge in [0.05, 0.1) is 11.3 Å². The average molecular weight is 351 g/mol. The second kappa shape index (κ2) is 8.09. The lowest BCUT2D eigenvalue weighted by Crippen LogP contribution is -2.35. The van der Waals surface area contributed by atoms with Gasteiger partial charge in [-0.3, -0.25) is 4.79 Å². The molecule has 1 amide bonds. The first kappa shape index (κ1) is 17.4. The van der Waals surface area contributed by atoms with Crippen molar-refractivity contribution in [3.63, 3.8) is 0 Å². The van der Waals surface area contributed by atoms with Crippen LogP contribution in [0, 0.1) is 11.3 Å². The number of hydrogen-bond donors (Lipinski definition) is 0. The zero-order valence-corrected chi connectivity index (χ0v) is 15.1. The van der Waals surface area contributed by atoms with Crippen molar-refractivity contribution in [1.82, 2.24) is 4.90 Å². The molecule has 2 aromatic rings. The van der Waals surface area contributed by atoms with Gasteiger partial charge in [0.2, 0.25) is 0 Å². The van der Waals surface area contributed by atoms with Crippen LogP contribution in [-0.2, 0) is 0 Å². The van der Waals surface area contributed by atoms with E-state index in [2.05, 4.69) is 11.0 Å². The molecule has 128 valence electrons. The third-order valence-electron chi connectivity index (χ3n) is 4.49. The number of thioether (sulfide) groups is 1. The highest BCUT2D eigenvalue weighted by Gasteiger charge is 2.21. The van der Waals surface area contributed by atoms with Gasteiger partial charge in [-0.25, -0.2) is 0 Å². The summed E-state index contributed by atoms with van der Waals surface area (Å²) in [7, 11) is 0. The van der Waals surface area contributed by atoms with Crippen molar-refractivity contribution in [3.8, 4) is 6.07 Å². The first-order valence-corrected chi connectivity index (χ1v) is 9.63. The van der Waals surface area contributed by atoms with E-state index < -0.39 is 0 Å². The number of carbonyl (C=O) groups excluding carboxylic acids is 1. The molecule has 0 saturated carbocycles. The number of hydrogen-bond acceptors (Lipinski definition) is 4. The molecule has 0 radical (unpaired) electrons. The SMILES string of the molecule is CSc1ccc(C(=O)N2CCCN(c3ccccc3C#N)CC2)cc1. The molecule has 0 atom stereocenters. The molecule has 1 aliphatic heterocycles. The van der Waals surface area contributed by atoms with Gasteiger partial charge in [-0.2, -0.15) is 5.26 Å². The van der Waals surface area contributed by atoms with Crippen LogP contribution >= 0.6 is 11.8 Å². The monoisotopic (exact) mass is 351 g/mol. The van der Waals surface area contributed by atoms with Crippen molar-refractivity contribution >= 4 is 23.4 Å². The van der Waals surface area contributed by atoms with Crippen molar-refractivity contribution in [2.24, 2.45) is 0 Å². The standard InChI is InChI=1S/C20H21N3OS/c1-25-18-9-7-16(8-10-18)20(24)23-12-4-11-22(13-14-23)19-6-3-2-5-17(19)15-21/h2-3,5-10H,4,11-14H2,1H3. The second-order valence-corrected chi connectivity index (χ2v) is 6.87. The normalized spacial score (nSPS) is 14.7. The molecule has 4 nitrogen and oxygen atoms in total. The number of nitrogens with zero attached hydrogens (tertiary/aromatic N) is 3. The van der Waals surface area contributed by atoms with Gasteiger partial charge in [0.1, 0.15) is 6.07 Å². The Kier molecular flexibility index (Phi) is 5.62. The van der Waals surface area contributed by atoms with Crippen molar-refractivity contribution in [1.29, 1.82) is 5.26 Å². The molecule has 0 bridgehead atoms. The highest BCUT2D eigenvalue weighted by molar-refractivity contribution is 7.98. The Morgan fingerprint density at radius 1 is 1.04 bits per heavy atom. The van der Waals surface area contributed by atoms with E-state index in [1.54, 1.807) is 11.8 Å². The molecule has 1 heterocycles. The zero-order chi connectivity index (χ0) is 17.6. The molecule has 0 N–H and O–H groups in total. The molecule has 0 aliphatic carbocycles. The zero-order valence-electron chi connectivity index (χ0n) is 14.3. The molecular weight excluding hydrogens is 330 g/mol. The van der Waals surface area contributed by atoms with Crippen molar-refractivity contribution in [2.45, 2.75) is 11.3 Å². The summed E-state index contributed by atoms with van der Waals surface area (Å²) >= 11 is 1.67. The van der Waals surface area contributed by atoms with Gasteiger partial charge in [-0.05, 0) is 49.1 Å². The Hall–Kier alpha value is -2.45. The van der Waals surface area contributed by atoms with Crippen LogP contribution in [0.5, 0.6) is 0 Å². The van der Waals surface area contributed by atoms with E-state index in [0.717, 1.165) is 42.2 Å². The van der Waals surface area contributed by atoms with Gasteiger partial charge in [-0.15, -0.1) is 11.8 Å². The molecule has 25 heavy (non-hydrogen) atoms. The maximum absolute atomic E-state index is 12.8. The predicted molar refractivity (Wildman–Crippen MR) is 102 cm³/mol. The Balaban J connectivity index is 1.70. The highest BCUT2D eigenvalue weighted by atomic mass is 32.2. The van der Waals surface area contributed by atoms with Crippen molar-refractivity contribution in [2.75, 3.05) is 37.3 Å². The van der Waals surface area contributed by atoms with Gasteiger partial charge in [-0.1, -0.05) is 12.1 Å². The largest absolute Gasteiger partial charge is 0.369 e. The van der Waals surface area contributed by atoms with Crippen LogP contribution in [0.15, 0.2) is 53.4 Å². The first-order valence-electron chi connectivity index (χ1n) is 8.40. The summed E-state index contributed by atoms with van der Waals surface area (Å²) in [5.74, 6) is 0.0862. The lowest BCUT2D eigenvalue weighted by molar-refractivity contribution is 0.0767. The number of para-hydroxylation sites is 1.